The van der Waals surface area contributed by atoms with Crippen LogP contribution >= 0.6 is 0 Å². The van der Waals surface area contributed by atoms with Crippen molar-refractivity contribution < 1.29 is 0 Å². The van der Waals surface area contributed by atoms with E-state index in [0.29, 0.717) is 0 Å². The molecule has 0 atom stereocenters. The fourth-order valence-electron chi connectivity index (χ4n) is 1.27. The van der Waals surface area contributed by atoms with Crippen LogP contribution in [0.4, 0.5) is 0 Å². The Morgan fingerprint density at radius 2 is 1.45 bits per heavy atom. The molecule has 67 valence electrons. The maximum absolute atomic E-state index is 2.36. The van der Waals surface area contributed by atoms with Crippen LogP contribution in [0.1, 0.15) is 52.4 Å². The molecule has 0 aromatic carbocycles. The predicted octanol–water partition coefficient (Wildman–Crippen LogP) is 3.64. The van der Waals surface area contributed by atoms with Gasteiger partial charge in [0.05, 0.1) is 0 Å². The molecular formula is C10H23Sn. The SMILES string of the molecule is CCCCCCC[CH2][SnH][CH2]C. The Bertz CT molecular complexity index is 53.9. The van der Waals surface area contributed by atoms with Crippen molar-refractivity contribution in [1.29, 1.82) is 0 Å². The first-order valence-electron chi connectivity index (χ1n) is 5.23. The monoisotopic (exact) mass is 263 g/mol. The Morgan fingerprint density at radius 1 is 0.818 bits per heavy atom. The second kappa shape index (κ2) is 10.8. The zero-order valence-corrected chi connectivity index (χ0v) is 11.5. The van der Waals surface area contributed by atoms with E-state index >= 15 is 0 Å². The molecular weight excluding hydrogens is 239 g/mol. The van der Waals surface area contributed by atoms with Gasteiger partial charge >= 0.3 is 82.4 Å². The van der Waals surface area contributed by atoms with E-state index in [9.17, 15) is 0 Å². The van der Waals surface area contributed by atoms with Gasteiger partial charge in [0.25, 0.3) is 0 Å². The maximum atomic E-state index is 2.36. The van der Waals surface area contributed by atoms with Crippen molar-refractivity contribution in [2.75, 3.05) is 0 Å². The van der Waals surface area contributed by atoms with E-state index in [-0.39, 0.29) is 21.1 Å². The van der Waals surface area contributed by atoms with E-state index in [0.717, 1.165) is 0 Å². The van der Waals surface area contributed by atoms with Gasteiger partial charge < -0.3 is 0 Å². The van der Waals surface area contributed by atoms with Gasteiger partial charge in [0, 0.05) is 0 Å². The topological polar surface area (TPSA) is 0 Å². The first-order valence-corrected chi connectivity index (χ1v) is 9.89. The molecule has 0 nitrogen and oxygen atoms in total. The molecule has 0 heterocycles. The minimum absolute atomic E-state index is 0.00640. The first kappa shape index (κ1) is 11.8. The van der Waals surface area contributed by atoms with Crippen LogP contribution < -0.4 is 0 Å². The third-order valence-electron chi connectivity index (χ3n) is 2.05. The zero-order valence-electron chi connectivity index (χ0n) is 8.23. The normalized spacial score (nSPS) is 10.4. The van der Waals surface area contributed by atoms with Gasteiger partial charge in [-0.2, -0.15) is 0 Å². The summed E-state index contributed by atoms with van der Waals surface area (Å²) in [4.78, 5) is 0. The summed E-state index contributed by atoms with van der Waals surface area (Å²) in [6.07, 6.45) is 8.89. The molecule has 0 bridgehead atoms. The molecule has 0 aromatic heterocycles. The van der Waals surface area contributed by atoms with Crippen molar-refractivity contribution in [1.82, 2.24) is 0 Å². The first-order chi connectivity index (χ1) is 5.41. The van der Waals surface area contributed by atoms with Gasteiger partial charge in [-0.05, 0) is 0 Å². The summed E-state index contributed by atoms with van der Waals surface area (Å²) in [6.45, 7) is 4.64. The average molecular weight is 262 g/mol. The van der Waals surface area contributed by atoms with Crippen molar-refractivity contribution >= 4 is 21.1 Å². The summed E-state index contributed by atoms with van der Waals surface area (Å²) in [5, 5.41) is 0. The number of hydrogen-bond acceptors (Lipinski definition) is 0. The van der Waals surface area contributed by atoms with Gasteiger partial charge in [-0.1, -0.05) is 0 Å². The van der Waals surface area contributed by atoms with Crippen LogP contribution in [0.25, 0.3) is 0 Å². The van der Waals surface area contributed by atoms with Crippen LogP contribution in [0.2, 0.25) is 8.87 Å². The van der Waals surface area contributed by atoms with E-state index in [4.69, 9.17) is 0 Å². The Labute approximate surface area is 82.4 Å². The van der Waals surface area contributed by atoms with E-state index < -0.39 is 0 Å². The predicted molar refractivity (Wildman–Crippen MR) is 55.8 cm³/mol. The third-order valence-corrected chi connectivity index (χ3v) is 6.03. The molecule has 0 aliphatic rings. The molecule has 1 heteroatoms. The van der Waals surface area contributed by atoms with Crippen LogP contribution in [-0.4, -0.2) is 21.1 Å². The third kappa shape index (κ3) is 10.8. The second-order valence-corrected chi connectivity index (χ2v) is 8.88. The van der Waals surface area contributed by atoms with Gasteiger partial charge in [0.1, 0.15) is 0 Å². The minimum atomic E-state index is -0.00640. The van der Waals surface area contributed by atoms with Crippen LogP contribution in [0.15, 0.2) is 0 Å². The number of rotatable bonds is 8. The van der Waals surface area contributed by atoms with Gasteiger partial charge in [-0.15, -0.1) is 0 Å². The Morgan fingerprint density at radius 3 is 2.09 bits per heavy atom. The Kier molecular flexibility index (Phi) is 11.6. The van der Waals surface area contributed by atoms with Crippen molar-refractivity contribution in [2.24, 2.45) is 0 Å². The summed E-state index contributed by atoms with van der Waals surface area (Å²) >= 11 is -0.00640. The van der Waals surface area contributed by atoms with E-state index in [1.54, 1.807) is 15.3 Å². The molecule has 0 amide bonds. The molecule has 0 rings (SSSR count). The summed E-state index contributed by atoms with van der Waals surface area (Å²) in [6, 6.07) is 0. The van der Waals surface area contributed by atoms with Crippen LogP contribution in [0.3, 0.4) is 0 Å². The fraction of sp³-hybridized carbons (Fsp3) is 1.00. The number of hydrogen-bond donors (Lipinski definition) is 0. The molecule has 0 N–H and O–H groups in total. The van der Waals surface area contributed by atoms with Crippen molar-refractivity contribution in [3.63, 3.8) is 0 Å². The van der Waals surface area contributed by atoms with Crippen molar-refractivity contribution in [3.05, 3.63) is 0 Å². The molecule has 0 spiro atoms. The molecule has 0 saturated carbocycles. The molecule has 0 aliphatic heterocycles. The van der Waals surface area contributed by atoms with Gasteiger partial charge in [0.15, 0.2) is 0 Å². The van der Waals surface area contributed by atoms with Crippen LogP contribution in [0.5, 0.6) is 0 Å². The van der Waals surface area contributed by atoms with Gasteiger partial charge in [-0.25, -0.2) is 0 Å². The van der Waals surface area contributed by atoms with Crippen LogP contribution in [0, 0.1) is 0 Å². The van der Waals surface area contributed by atoms with Crippen molar-refractivity contribution in [2.45, 2.75) is 61.2 Å². The summed E-state index contributed by atoms with van der Waals surface area (Å²) < 4.78 is 3.21. The molecule has 0 fully saturated rings. The summed E-state index contributed by atoms with van der Waals surface area (Å²) in [5.41, 5.74) is 0. The molecule has 0 saturated heterocycles. The quantitative estimate of drug-likeness (QED) is 0.462. The summed E-state index contributed by atoms with van der Waals surface area (Å²) in [7, 11) is 0. The van der Waals surface area contributed by atoms with Crippen LogP contribution in [-0.2, 0) is 0 Å². The molecule has 0 aliphatic carbocycles. The van der Waals surface area contributed by atoms with Crippen molar-refractivity contribution in [3.8, 4) is 0 Å². The standard InChI is InChI=1S/C8H17.C2H5.Sn.H/c1-3-5-7-8-6-4-2;1-2;;/h1,3-8H2,2H3;1H2,2H3;;. The number of unbranched alkanes of at least 4 members (excludes halogenated alkanes) is 5. The zero-order chi connectivity index (χ0) is 8.36. The van der Waals surface area contributed by atoms with E-state index in [1.807, 2.05) is 0 Å². The Balaban J connectivity index is 2.69. The van der Waals surface area contributed by atoms with E-state index in [2.05, 4.69) is 13.8 Å². The molecule has 0 aromatic rings. The second-order valence-electron chi connectivity index (χ2n) is 3.25. The average Bonchev–Trinajstić information content (AvgIpc) is 2.03. The molecule has 1 radical (unpaired) electrons. The molecule has 11 heavy (non-hydrogen) atoms. The Hall–Kier alpha value is 0.799. The van der Waals surface area contributed by atoms with Gasteiger partial charge in [-0.3, -0.25) is 0 Å². The molecule has 0 unspecified atom stereocenters. The van der Waals surface area contributed by atoms with Gasteiger partial charge in [0.2, 0.25) is 0 Å². The van der Waals surface area contributed by atoms with E-state index in [1.165, 1.54) is 32.1 Å². The summed E-state index contributed by atoms with van der Waals surface area (Å²) in [5.74, 6) is 0. The fourth-order valence-corrected chi connectivity index (χ4v) is 4.09.